The molecule has 3 N–H and O–H groups in total. The third-order valence-corrected chi connectivity index (χ3v) is 2.11. The van der Waals surface area contributed by atoms with Crippen LogP contribution in [0.25, 0.3) is 0 Å². The van der Waals surface area contributed by atoms with Gasteiger partial charge in [0.15, 0.2) is 0 Å². The van der Waals surface area contributed by atoms with Gasteiger partial charge < -0.3 is 15.4 Å². The number of hydrogen-bond donors (Lipinski definition) is 3. The average Bonchev–Trinajstić information content (AvgIpc) is 2.83. The van der Waals surface area contributed by atoms with Crippen molar-refractivity contribution in [2.75, 3.05) is 10.6 Å². The van der Waals surface area contributed by atoms with Crippen LogP contribution in [-0.4, -0.2) is 22.8 Å². The van der Waals surface area contributed by atoms with Crippen molar-refractivity contribution in [2.45, 2.75) is 6.61 Å². The fourth-order valence-corrected chi connectivity index (χ4v) is 1.37. The van der Waals surface area contributed by atoms with E-state index in [1.165, 1.54) is 30.6 Å². The number of aromatic nitrogens is 2. The molecular weight excluding hydrogens is 258 g/mol. The smallest absolute Gasteiger partial charge is 0.387 e. The number of carbonyl (C=O) groups excluding carboxylic acids is 1. The largest absolute Gasteiger partial charge is 0.433 e. The molecule has 2 aromatic rings. The maximum atomic E-state index is 12.2. The molecule has 8 heteroatoms. The highest BCUT2D eigenvalue weighted by atomic mass is 19.3. The van der Waals surface area contributed by atoms with Crippen molar-refractivity contribution in [3.05, 3.63) is 36.7 Å². The summed E-state index contributed by atoms with van der Waals surface area (Å²) in [6, 6.07) is 5.31. The van der Waals surface area contributed by atoms with Crippen molar-refractivity contribution in [2.24, 2.45) is 0 Å². The maximum Gasteiger partial charge on any atom is 0.387 e. The highest BCUT2D eigenvalue weighted by Crippen LogP contribution is 2.25. The summed E-state index contributed by atoms with van der Waals surface area (Å²) >= 11 is 0. The predicted octanol–water partition coefficient (Wildman–Crippen LogP) is 2.66. The molecule has 6 nitrogen and oxygen atoms in total. The molecule has 0 saturated heterocycles. The zero-order valence-corrected chi connectivity index (χ0v) is 9.56. The number of rotatable bonds is 4. The van der Waals surface area contributed by atoms with E-state index in [0.717, 1.165) is 0 Å². The summed E-state index contributed by atoms with van der Waals surface area (Å²) in [4.78, 5) is 11.6. The number of halogens is 2. The second-order valence-electron chi connectivity index (χ2n) is 3.44. The molecule has 0 bridgehead atoms. The van der Waals surface area contributed by atoms with Crippen molar-refractivity contribution in [1.82, 2.24) is 10.2 Å². The van der Waals surface area contributed by atoms with Gasteiger partial charge in [-0.15, -0.1) is 0 Å². The lowest BCUT2D eigenvalue weighted by Crippen LogP contribution is -2.20. The predicted molar refractivity (Wildman–Crippen MR) is 64.3 cm³/mol. The number of carbonyl (C=O) groups is 1. The Morgan fingerprint density at radius 1 is 1.32 bits per heavy atom. The van der Waals surface area contributed by atoms with Crippen LogP contribution in [0.1, 0.15) is 0 Å². The number of para-hydroxylation sites is 2. The maximum absolute atomic E-state index is 12.2. The average molecular weight is 268 g/mol. The molecule has 0 spiro atoms. The van der Waals surface area contributed by atoms with Crippen molar-refractivity contribution in [3.63, 3.8) is 0 Å². The summed E-state index contributed by atoms with van der Waals surface area (Å²) in [5, 5.41) is 11.0. The Morgan fingerprint density at radius 3 is 2.79 bits per heavy atom. The lowest BCUT2D eigenvalue weighted by Gasteiger charge is -2.11. The van der Waals surface area contributed by atoms with Crippen LogP contribution in [0.3, 0.4) is 0 Å². The molecule has 100 valence electrons. The van der Waals surface area contributed by atoms with E-state index < -0.39 is 12.6 Å². The molecule has 19 heavy (non-hydrogen) atoms. The molecule has 0 radical (unpaired) electrons. The first-order valence-corrected chi connectivity index (χ1v) is 5.26. The molecule has 1 aromatic carbocycles. The first-order chi connectivity index (χ1) is 9.15. The molecule has 0 aliphatic heterocycles. The Labute approximate surface area is 106 Å². The summed E-state index contributed by atoms with van der Waals surface area (Å²) < 4.78 is 28.6. The first-order valence-electron chi connectivity index (χ1n) is 5.26. The third kappa shape index (κ3) is 3.66. The van der Waals surface area contributed by atoms with Crippen molar-refractivity contribution >= 4 is 17.4 Å². The minimum atomic E-state index is -2.96. The van der Waals surface area contributed by atoms with Gasteiger partial charge in [0, 0.05) is 6.20 Å². The number of ether oxygens (including phenoxy) is 1. The summed E-state index contributed by atoms with van der Waals surface area (Å²) in [5.41, 5.74) is 0.591. The summed E-state index contributed by atoms with van der Waals surface area (Å²) in [7, 11) is 0. The van der Waals surface area contributed by atoms with Gasteiger partial charge in [-0.1, -0.05) is 12.1 Å². The number of anilines is 2. The quantitative estimate of drug-likeness (QED) is 0.797. The fourth-order valence-electron chi connectivity index (χ4n) is 1.37. The summed E-state index contributed by atoms with van der Waals surface area (Å²) in [6.07, 6.45) is 2.88. The molecule has 0 aliphatic carbocycles. The van der Waals surface area contributed by atoms with Crippen molar-refractivity contribution < 1.29 is 18.3 Å². The molecule has 0 aliphatic rings. The minimum absolute atomic E-state index is 0.111. The number of H-pyrrole nitrogens is 1. The van der Waals surface area contributed by atoms with E-state index >= 15 is 0 Å². The lowest BCUT2D eigenvalue weighted by molar-refractivity contribution is -0.0493. The van der Waals surface area contributed by atoms with Gasteiger partial charge in [0.25, 0.3) is 0 Å². The van der Waals surface area contributed by atoms with Gasteiger partial charge in [0.2, 0.25) is 0 Å². The third-order valence-electron chi connectivity index (χ3n) is 2.11. The zero-order chi connectivity index (χ0) is 13.7. The lowest BCUT2D eigenvalue weighted by atomic mass is 10.3. The highest BCUT2D eigenvalue weighted by molar-refractivity contribution is 6.00. The van der Waals surface area contributed by atoms with Crippen molar-refractivity contribution in [3.8, 4) is 5.75 Å². The number of hydrogen-bond acceptors (Lipinski definition) is 3. The van der Waals surface area contributed by atoms with E-state index in [1.54, 1.807) is 6.07 Å². The standard InChI is InChI=1S/C11H10F2N4O2/c12-10(13)19-9-4-2-1-3-8(9)17-11(18)16-7-5-14-15-6-7/h1-6,10H,(H,14,15)(H2,16,17,18). The van der Waals surface area contributed by atoms with Gasteiger partial charge >= 0.3 is 12.6 Å². The number of amides is 2. The van der Waals surface area contributed by atoms with Crippen LogP contribution in [-0.2, 0) is 0 Å². The minimum Gasteiger partial charge on any atom is -0.433 e. The van der Waals surface area contributed by atoms with Crippen LogP contribution < -0.4 is 15.4 Å². The number of alkyl halides is 2. The van der Waals surface area contributed by atoms with Crippen LogP contribution in [0.15, 0.2) is 36.7 Å². The van der Waals surface area contributed by atoms with Gasteiger partial charge in [0.05, 0.1) is 17.6 Å². The molecule has 0 unspecified atom stereocenters. The highest BCUT2D eigenvalue weighted by Gasteiger charge is 2.11. The van der Waals surface area contributed by atoms with Crippen molar-refractivity contribution in [1.29, 1.82) is 0 Å². The molecule has 2 rings (SSSR count). The molecule has 0 atom stereocenters. The number of aromatic amines is 1. The Kier molecular flexibility index (Phi) is 3.91. The summed E-state index contributed by atoms with van der Waals surface area (Å²) in [6.45, 7) is -2.96. The fraction of sp³-hybridized carbons (Fsp3) is 0.0909. The van der Waals surface area contributed by atoms with E-state index in [2.05, 4.69) is 25.6 Å². The summed E-state index contributed by atoms with van der Waals surface area (Å²) in [5.74, 6) is -0.111. The monoisotopic (exact) mass is 268 g/mol. The zero-order valence-electron chi connectivity index (χ0n) is 9.56. The van der Waals surface area contributed by atoms with Crippen LogP contribution in [0.5, 0.6) is 5.75 Å². The number of nitrogens with one attached hydrogen (secondary N) is 3. The molecule has 1 heterocycles. The molecule has 0 saturated carbocycles. The SMILES string of the molecule is O=C(Nc1cn[nH]c1)Nc1ccccc1OC(F)F. The molecule has 1 aromatic heterocycles. The van der Waals surface area contributed by atoms with Gasteiger partial charge in [-0.2, -0.15) is 13.9 Å². The second kappa shape index (κ2) is 5.80. The van der Waals surface area contributed by atoms with Gasteiger partial charge in [-0.3, -0.25) is 5.10 Å². The Hall–Kier alpha value is -2.64. The Morgan fingerprint density at radius 2 is 2.11 bits per heavy atom. The van der Waals surface area contributed by atoms with Crippen LogP contribution in [0, 0.1) is 0 Å². The van der Waals surface area contributed by atoms with Crippen LogP contribution in [0.2, 0.25) is 0 Å². The van der Waals surface area contributed by atoms with E-state index in [4.69, 9.17) is 0 Å². The van der Waals surface area contributed by atoms with Gasteiger partial charge in [0.1, 0.15) is 5.75 Å². The van der Waals surface area contributed by atoms with E-state index in [-0.39, 0.29) is 11.4 Å². The van der Waals surface area contributed by atoms with E-state index in [0.29, 0.717) is 5.69 Å². The van der Waals surface area contributed by atoms with Crippen LogP contribution >= 0.6 is 0 Å². The molecule has 2 amide bonds. The van der Waals surface area contributed by atoms with Gasteiger partial charge in [-0.25, -0.2) is 4.79 Å². The topological polar surface area (TPSA) is 79.0 Å². The number of urea groups is 1. The normalized spacial score (nSPS) is 10.3. The second-order valence-corrected chi connectivity index (χ2v) is 3.44. The van der Waals surface area contributed by atoms with E-state index in [9.17, 15) is 13.6 Å². The van der Waals surface area contributed by atoms with Gasteiger partial charge in [-0.05, 0) is 12.1 Å². The Bertz CT molecular complexity index is 545. The number of nitrogens with zero attached hydrogens (tertiary/aromatic N) is 1. The first kappa shape index (κ1) is 12.8. The molecule has 0 fully saturated rings. The Balaban J connectivity index is 2.04. The van der Waals surface area contributed by atoms with Crippen LogP contribution in [0.4, 0.5) is 25.0 Å². The van der Waals surface area contributed by atoms with E-state index in [1.807, 2.05) is 0 Å². The number of benzene rings is 1. The molecular formula is C11H10F2N4O2.